The van der Waals surface area contributed by atoms with Crippen LogP contribution in [0.15, 0.2) is 24.5 Å². The monoisotopic (exact) mass is 328 g/mol. The number of carbonyl (C=O) groups excluding carboxylic acids is 1. The fourth-order valence-corrected chi connectivity index (χ4v) is 2.95. The molecule has 118 valence electrons. The Morgan fingerprint density at radius 1 is 1.43 bits per heavy atom. The number of nitriles is 1. The van der Waals surface area contributed by atoms with Crippen LogP contribution >= 0.6 is 11.3 Å². The number of nitrogens with zero attached hydrogens (tertiary/aromatic N) is 5. The summed E-state index contributed by atoms with van der Waals surface area (Å²) in [5, 5.41) is 12.6. The van der Waals surface area contributed by atoms with Crippen molar-refractivity contribution in [3.63, 3.8) is 0 Å². The topological polar surface area (TPSA) is 85.2 Å². The number of rotatable bonds is 4. The molecule has 2 aromatic rings. The van der Waals surface area contributed by atoms with Gasteiger partial charge in [0.05, 0.1) is 12.7 Å². The van der Waals surface area contributed by atoms with Crippen LogP contribution in [0.25, 0.3) is 0 Å². The molecule has 0 saturated carbocycles. The lowest BCUT2D eigenvalue weighted by atomic mass is 10.2. The van der Waals surface area contributed by atoms with Crippen molar-refractivity contribution in [1.82, 2.24) is 19.8 Å². The Morgan fingerprint density at radius 3 is 3.04 bits per heavy atom. The van der Waals surface area contributed by atoms with Gasteiger partial charge in [0, 0.05) is 32.9 Å². The van der Waals surface area contributed by atoms with Crippen LogP contribution in [-0.4, -0.2) is 52.4 Å². The second kappa shape index (κ2) is 6.73. The van der Waals surface area contributed by atoms with Gasteiger partial charge in [-0.3, -0.25) is 9.69 Å². The maximum Gasteiger partial charge on any atom is 0.236 e. The molecule has 1 N–H and O–H groups in total. The van der Waals surface area contributed by atoms with E-state index in [4.69, 9.17) is 5.26 Å². The van der Waals surface area contributed by atoms with Crippen molar-refractivity contribution in [1.29, 1.82) is 5.26 Å². The van der Waals surface area contributed by atoms with E-state index in [-0.39, 0.29) is 5.91 Å². The minimum atomic E-state index is 0.149. The van der Waals surface area contributed by atoms with Crippen LogP contribution in [-0.2, 0) is 11.3 Å². The van der Waals surface area contributed by atoms with Crippen molar-refractivity contribution in [2.24, 2.45) is 0 Å². The van der Waals surface area contributed by atoms with Crippen molar-refractivity contribution in [2.75, 3.05) is 32.0 Å². The summed E-state index contributed by atoms with van der Waals surface area (Å²) in [7, 11) is 1.83. The highest BCUT2D eigenvalue weighted by molar-refractivity contribution is 7.16. The van der Waals surface area contributed by atoms with E-state index < -0.39 is 0 Å². The summed E-state index contributed by atoms with van der Waals surface area (Å²) >= 11 is 1.29. The minimum absolute atomic E-state index is 0.149. The van der Waals surface area contributed by atoms with Crippen molar-refractivity contribution in [2.45, 2.75) is 6.54 Å². The molecule has 0 aromatic carbocycles. The number of likely N-dealkylation sites (N-methyl/N-ethyl adjacent to an activating group) is 1. The Kier molecular flexibility index (Phi) is 4.50. The molecule has 1 amide bonds. The molecule has 1 aliphatic rings. The lowest BCUT2D eigenvalue weighted by molar-refractivity contribution is -0.134. The molecule has 8 heteroatoms. The fraction of sp³-hybridized carbons (Fsp3) is 0.333. The van der Waals surface area contributed by atoms with Crippen LogP contribution < -0.4 is 5.32 Å². The molecular formula is C15H16N6OS. The van der Waals surface area contributed by atoms with E-state index in [9.17, 15) is 4.79 Å². The van der Waals surface area contributed by atoms with Gasteiger partial charge in [-0.2, -0.15) is 5.26 Å². The first-order valence-corrected chi connectivity index (χ1v) is 8.00. The van der Waals surface area contributed by atoms with Gasteiger partial charge in [-0.15, -0.1) is 0 Å². The summed E-state index contributed by atoms with van der Waals surface area (Å²) in [4.78, 5) is 24.6. The summed E-state index contributed by atoms with van der Waals surface area (Å²) in [5.41, 5.74) is 1.08. The molecule has 23 heavy (non-hydrogen) atoms. The molecule has 0 atom stereocenters. The smallest absolute Gasteiger partial charge is 0.236 e. The number of aromatic nitrogens is 2. The maximum absolute atomic E-state index is 11.8. The van der Waals surface area contributed by atoms with E-state index in [0.29, 0.717) is 28.9 Å². The zero-order valence-corrected chi connectivity index (χ0v) is 13.5. The Bertz CT molecular complexity index is 752. The molecule has 1 fully saturated rings. The molecule has 0 radical (unpaired) electrons. The lowest BCUT2D eigenvalue weighted by Crippen LogP contribution is -2.47. The largest absolute Gasteiger partial charge is 0.343 e. The third-order valence-electron chi connectivity index (χ3n) is 3.62. The second-order valence-electron chi connectivity index (χ2n) is 5.34. The molecule has 0 aliphatic carbocycles. The normalized spacial score (nSPS) is 15.5. The van der Waals surface area contributed by atoms with Crippen LogP contribution in [0, 0.1) is 11.3 Å². The zero-order valence-electron chi connectivity index (χ0n) is 12.7. The van der Waals surface area contributed by atoms with Gasteiger partial charge >= 0.3 is 0 Å². The van der Waals surface area contributed by atoms with Crippen molar-refractivity contribution in [3.8, 4) is 6.07 Å². The van der Waals surface area contributed by atoms with Gasteiger partial charge in [0.15, 0.2) is 5.13 Å². The highest BCUT2D eigenvalue weighted by atomic mass is 32.1. The summed E-state index contributed by atoms with van der Waals surface area (Å²) < 4.78 is 0. The molecule has 7 nitrogen and oxygen atoms in total. The molecule has 1 saturated heterocycles. The minimum Gasteiger partial charge on any atom is -0.343 e. The molecular weight excluding hydrogens is 312 g/mol. The SMILES string of the molecule is CN1CCN(Cc2ccnc(Nc3ncc(C#N)s3)c2)CC1=O. The maximum atomic E-state index is 11.8. The van der Waals surface area contributed by atoms with E-state index >= 15 is 0 Å². The Labute approximate surface area is 138 Å². The average molecular weight is 328 g/mol. The second-order valence-corrected chi connectivity index (χ2v) is 6.37. The van der Waals surface area contributed by atoms with Crippen molar-refractivity contribution < 1.29 is 4.79 Å². The average Bonchev–Trinajstić information content (AvgIpc) is 2.99. The van der Waals surface area contributed by atoms with Crippen LogP contribution in [0.1, 0.15) is 10.4 Å². The van der Waals surface area contributed by atoms with Crippen LogP contribution in [0.3, 0.4) is 0 Å². The number of hydrogen-bond acceptors (Lipinski definition) is 7. The number of nitrogens with one attached hydrogen (secondary N) is 1. The summed E-state index contributed by atoms with van der Waals surface area (Å²) in [6.45, 7) is 2.77. The number of thiazole rings is 1. The molecule has 3 rings (SSSR count). The zero-order chi connectivity index (χ0) is 16.2. The molecule has 2 aromatic heterocycles. The number of piperazine rings is 1. The van der Waals surface area contributed by atoms with Gasteiger partial charge in [-0.05, 0) is 17.7 Å². The number of pyridine rings is 1. The molecule has 0 spiro atoms. The van der Waals surface area contributed by atoms with E-state index in [1.54, 1.807) is 11.1 Å². The number of anilines is 2. The first kappa shape index (κ1) is 15.4. The van der Waals surface area contributed by atoms with Crippen molar-refractivity contribution >= 4 is 28.2 Å². The summed E-state index contributed by atoms with van der Waals surface area (Å²) in [6, 6.07) is 5.94. The Hall–Kier alpha value is -2.50. The predicted octanol–water partition coefficient (Wildman–Crippen LogP) is 1.43. The molecule has 3 heterocycles. The van der Waals surface area contributed by atoms with Gasteiger partial charge in [0.2, 0.25) is 5.91 Å². The first-order valence-electron chi connectivity index (χ1n) is 7.18. The number of carbonyl (C=O) groups is 1. The molecule has 1 aliphatic heterocycles. The third-order valence-corrected chi connectivity index (χ3v) is 4.44. The Morgan fingerprint density at radius 2 is 2.30 bits per heavy atom. The quantitative estimate of drug-likeness (QED) is 0.914. The van der Waals surface area contributed by atoms with E-state index in [0.717, 1.165) is 18.7 Å². The lowest BCUT2D eigenvalue weighted by Gasteiger charge is -2.31. The van der Waals surface area contributed by atoms with Gasteiger partial charge in [0.1, 0.15) is 16.8 Å². The standard InChI is InChI=1S/C15H16N6OS/c1-20-4-5-21(10-14(20)22)9-11-2-3-17-13(6-11)19-15-18-8-12(7-16)23-15/h2-3,6,8H,4-5,9-10H2,1H3,(H,17,18,19). The fourth-order valence-electron chi connectivity index (χ4n) is 2.33. The summed E-state index contributed by atoms with van der Waals surface area (Å²) in [6.07, 6.45) is 3.26. The molecule has 0 unspecified atom stereocenters. The number of amides is 1. The molecule has 0 bridgehead atoms. The van der Waals surface area contributed by atoms with E-state index in [1.807, 2.05) is 19.2 Å². The van der Waals surface area contributed by atoms with Gasteiger partial charge < -0.3 is 10.2 Å². The highest BCUT2D eigenvalue weighted by Gasteiger charge is 2.20. The van der Waals surface area contributed by atoms with Gasteiger partial charge in [0.25, 0.3) is 0 Å². The van der Waals surface area contributed by atoms with E-state index in [2.05, 4.69) is 26.3 Å². The van der Waals surface area contributed by atoms with E-state index in [1.165, 1.54) is 17.5 Å². The predicted molar refractivity (Wildman–Crippen MR) is 87.3 cm³/mol. The number of hydrogen-bond donors (Lipinski definition) is 1. The highest BCUT2D eigenvalue weighted by Crippen LogP contribution is 2.21. The Balaban J connectivity index is 1.65. The third kappa shape index (κ3) is 3.83. The van der Waals surface area contributed by atoms with Gasteiger partial charge in [-0.25, -0.2) is 9.97 Å². The first-order chi connectivity index (χ1) is 11.1. The van der Waals surface area contributed by atoms with Crippen LogP contribution in [0.2, 0.25) is 0 Å². The van der Waals surface area contributed by atoms with Crippen LogP contribution in [0.5, 0.6) is 0 Å². The van der Waals surface area contributed by atoms with Crippen molar-refractivity contribution in [3.05, 3.63) is 35.0 Å². The van der Waals surface area contributed by atoms with Crippen LogP contribution in [0.4, 0.5) is 10.9 Å². The van der Waals surface area contributed by atoms with Gasteiger partial charge in [-0.1, -0.05) is 11.3 Å². The summed E-state index contributed by atoms with van der Waals surface area (Å²) in [5.74, 6) is 0.831.